The lowest BCUT2D eigenvalue weighted by Crippen LogP contribution is -2.68. The maximum atomic E-state index is 13.5. The largest absolute Gasteiger partial charge is 0.493 e. The Bertz CT molecular complexity index is 1500. The number of esters is 1. The second-order valence-corrected chi connectivity index (χ2v) is 12.0. The minimum Gasteiger partial charge on any atom is -0.493 e. The van der Waals surface area contributed by atoms with E-state index in [0.29, 0.717) is 17.4 Å². The van der Waals surface area contributed by atoms with Crippen LogP contribution < -0.4 is 14.2 Å². The van der Waals surface area contributed by atoms with E-state index in [1.165, 1.54) is 12.5 Å². The van der Waals surface area contributed by atoms with Gasteiger partial charge in [-0.05, 0) is 75.3 Å². The topological polar surface area (TPSA) is 68.3 Å². The molecule has 7 heteroatoms. The van der Waals surface area contributed by atoms with E-state index in [2.05, 4.69) is 37.2 Å². The number of aryl methyl sites for hydroxylation is 2. The number of amides is 1. The molecule has 2 aliphatic carbocycles. The van der Waals surface area contributed by atoms with E-state index >= 15 is 0 Å². The Labute approximate surface area is 242 Å². The summed E-state index contributed by atoms with van der Waals surface area (Å²) >= 11 is 0. The first-order valence-electron chi connectivity index (χ1n) is 14.5. The van der Waals surface area contributed by atoms with Crippen LogP contribution in [0.5, 0.6) is 17.2 Å². The average molecular weight is 555 g/mol. The molecule has 0 radical (unpaired) electrons. The van der Waals surface area contributed by atoms with Crippen molar-refractivity contribution >= 4 is 11.9 Å². The van der Waals surface area contributed by atoms with Crippen molar-refractivity contribution in [3.8, 4) is 29.1 Å². The second-order valence-electron chi connectivity index (χ2n) is 12.0. The standard InChI is InChI=1S/C34H38N2O5/c1-7-15-36-16-14-34-25-11-12-26(35(5)30(38)13-10-23-9-8-20(2)21(3)17-23)33(34)41-32-29(39-6)19-28(40-22(4)37)24(31(32)34)18-27(25)36/h7-9,17,19,25-27,33H,1,11-12,14-16,18H2,2-6H3/t25-,26-,27+,33-,34-/m0/s1. The zero-order chi connectivity index (χ0) is 29.1. The Morgan fingerprint density at radius 2 is 2.02 bits per heavy atom. The molecule has 214 valence electrons. The molecule has 5 atom stereocenters. The van der Waals surface area contributed by atoms with Gasteiger partial charge in [0.05, 0.1) is 13.2 Å². The molecular weight excluding hydrogens is 516 g/mol. The Balaban J connectivity index is 1.41. The number of nitrogens with zero attached hydrogens (tertiary/aromatic N) is 2. The summed E-state index contributed by atoms with van der Waals surface area (Å²) in [5.41, 5.74) is 5.01. The molecule has 7 nitrogen and oxygen atoms in total. The number of carbonyl (C=O) groups is 2. The number of ether oxygens (including phenoxy) is 3. The van der Waals surface area contributed by atoms with Gasteiger partial charge in [-0.1, -0.05) is 18.1 Å². The quantitative estimate of drug-likeness (QED) is 0.237. The lowest BCUT2D eigenvalue weighted by molar-refractivity contribution is -0.134. The third-order valence-electron chi connectivity index (χ3n) is 9.95. The van der Waals surface area contributed by atoms with Gasteiger partial charge in [0.25, 0.3) is 5.91 Å². The highest BCUT2D eigenvalue weighted by Crippen LogP contribution is 2.65. The Hall–Kier alpha value is -3.76. The van der Waals surface area contributed by atoms with Crippen LogP contribution in [0.3, 0.4) is 0 Å². The van der Waals surface area contributed by atoms with Crippen molar-refractivity contribution in [1.82, 2.24) is 9.80 Å². The molecule has 0 unspecified atom stereocenters. The fraction of sp³-hybridized carbons (Fsp3) is 0.471. The van der Waals surface area contributed by atoms with Gasteiger partial charge >= 0.3 is 5.97 Å². The Kier molecular flexibility index (Phi) is 6.86. The second kappa shape index (κ2) is 10.3. The SMILES string of the molecule is C=CCN1CC[C@]23c4c5c(OC(C)=O)cc(OC)c4O[C@H]2[C@@H](N(C)C(=O)C#Cc2ccc(C)c(C)c2)CC[C@H]3[C@H]1C5. The summed E-state index contributed by atoms with van der Waals surface area (Å²) in [5, 5.41) is 0. The van der Waals surface area contributed by atoms with Crippen molar-refractivity contribution in [2.45, 2.75) is 70.1 Å². The molecule has 2 aliphatic heterocycles. The van der Waals surface area contributed by atoms with Gasteiger partial charge in [0.1, 0.15) is 11.9 Å². The zero-order valence-electron chi connectivity index (χ0n) is 24.6. The fourth-order valence-electron chi connectivity index (χ4n) is 8.01. The molecule has 0 N–H and O–H groups in total. The number of benzene rings is 2. The molecule has 4 aliphatic rings. The van der Waals surface area contributed by atoms with E-state index in [9.17, 15) is 9.59 Å². The molecule has 2 heterocycles. The Morgan fingerprint density at radius 1 is 1.22 bits per heavy atom. The van der Waals surface area contributed by atoms with E-state index in [-0.39, 0.29) is 35.5 Å². The number of methoxy groups -OCH3 is 1. The predicted molar refractivity (Wildman–Crippen MR) is 156 cm³/mol. The molecule has 1 spiro atoms. The van der Waals surface area contributed by atoms with Crippen molar-refractivity contribution in [1.29, 1.82) is 0 Å². The van der Waals surface area contributed by atoms with Crippen LogP contribution in [0.25, 0.3) is 0 Å². The molecule has 1 amide bonds. The van der Waals surface area contributed by atoms with Gasteiger partial charge in [-0.3, -0.25) is 14.5 Å². The minimum absolute atomic E-state index is 0.153. The number of likely N-dealkylation sites (tertiary alicyclic amines) is 1. The number of hydrogen-bond acceptors (Lipinski definition) is 6. The molecule has 2 bridgehead atoms. The van der Waals surface area contributed by atoms with Gasteiger partial charge in [0.2, 0.25) is 0 Å². The molecule has 2 aromatic rings. The van der Waals surface area contributed by atoms with E-state index in [0.717, 1.165) is 66.8 Å². The highest BCUT2D eigenvalue weighted by Gasteiger charge is 2.67. The normalized spacial score (nSPS) is 27.0. The highest BCUT2D eigenvalue weighted by molar-refractivity contribution is 5.94. The summed E-state index contributed by atoms with van der Waals surface area (Å²) in [5.74, 6) is 7.58. The van der Waals surface area contributed by atoms with Gasteiger partial charge in [-0.15, -0.1) is 6.58 Å². The minimum atomic E-state index is -0.361. The van der Waals surface area contributed by atoms with Gasteiger partial charge in [0, 0.05) is 60.7 Å². The van der Waals surface area contributed by atoms with Crippen molar-refractivity contribution in [3.05, 3.63) is 64.7 Å². The highest BCUT2D eigenvalue weighted by atomic mass is 16.5. The van der Waals surface area contributed by atoms with Crippen molar-refractivity contribution in [2.75, 3.05) is 27.2 Å². The van der Waals surface area contributed by atoms with E-state index in [1.807, 2.05) is 31.3 Å². The Morgan fingerprint density at radius 3 is 2.73 bits per heavy atom. The van der Waals surface area contributed by atoms with Crippen LogP contribution in [0.15, 0.2) is 36.9 Å². The van der Waals surface area contributed by atoms with Crippen LogP contribution in [0, 0.1) is 31.6 Å². The summed E-state index contributed by atoms with van der Waals surface area (Å²) in [4.78, 5) is 29.9. The van der Waals surface area contributed by atoms with Crippen LogP contribution >= 0.6 is 0 Å². The first-order valence-corrected chi connectivity index (χ1v) is 14.5. The molecule has 2 fully saturated rings. The lowest BCUT2D eigenvalue weighted by Gasteiger charge is -2.60. The number of rotatable bonds is 5. The summed E-state index contributed by atoms with van der Waals surface area (Å²) < 4.78 is 18.5. The summed E-state index contributed by atoms with van der Waals surface area (Å²) in [6.45, 7) is 11.3. The third-order valence-corrected chi connectivity index (χ3v) is 9.95. The fourth-order valence-corrected chi connectivity index (χ4v) is 8.01. The third kappa shape index (κ3) is 4.23. The van der Waals surface area contributed by atoms with Gasteiger partial charge in [-0.2, -0.15) is 0 Å². The van der Waals surface area contributed by atoms with Gasteiger partial charge in [0.15, 0.2) is 11.5 Å². The van der Waals surface area contributed by atoms with Gasteiger partial charge < -0.3 is 19.1 Å². The summed E-state index contributed by atoms with van der Waals surface area (Å²) in [6, 6.07) is 7.91. The van der Waals surface area contributed by atoms with Crippen molar-refractivity contribution in [2.24, 2.45) is 5.92 Å². The smallest absolute Gasteiger partial charge is 0.308 e. The molecule has 41 heavy (non-hydrogen) atoms. The number of carbonyl (C=O) groups excluding carboxylic acids is 2. The summed E-state index contributed by atoms with van der Waals surface area (Å²) in [6.07, 6.45) is 5.16. The maximum absolute atomic E-state index is 13.5. The van der Waals surface area contributed by atoms with Crippen molar-refractivity contribution < 1.29 is 23.8 Å². The number of piperidine rings is 1. The summed E-state index contributed by atoms with van der Waals surface area (Å²) in [7, 11) is 3.46. The molecular formula is C34H38N2O5. The first-order chi connectivity index (χ1) is 19.7. The van der Waals surface area contributed by atoms with E-state index in [4.69, 9.17) is 14.2 Å². The molecule has 0 aromatic heterocycles. The first kappa shape index (κ1) is 27.4. The molecule has 6 rings (SSSR count). The average Bonchev–Trinajstić information content (AvgIpc) is 3.29. The zero-order valence-corrected chi connectivity index (χ0v) is 24.6. The van der Waals surface area contributed by atoms with Crippen LogP contribution in [0.2, 0.25) is 0 Å². The predicted octanol–water partition coefficient (Wildman–Crippen LogP) is 4.34. The molecule has 2 aromatic carbocycles. The molecule has 1 saturated heterocycles. The van der Waals surface area contributed by atoms with Crippen LogP contribution in [0.4, 0.5) is 0 Å². The van der Waals surface area contributed by atoms with Crippen LogP contribution in [0.1, 0.15) is 54.0 Å². The van der Waals surface area contributed by atoms with Crippen molar-refractivity contribution in [3.63, 3.8) is 0 Å². The van der Waals surface area contributed by atoms with E-state index < -0.39 is 0 Å². The van der Waals surface area contributed by atoms with E-state index in [1.54, 1.807) is 18.1 Å². The lowest BCUT2D eigenvalue weighted by atomic mass is 9.51. The maximum Gasteiger partial charge on any atom is 0.308 e. The van der Waals surface area contributed by atoms with Crippen LogP contribution in [-0.2, 0) is 21.4 Å². The monoisotopic (exact) mass is 554 g/mol. The number of likely N-dealkylation sites (N-methyl/N-ethyl adjacent to an activating group) is 1. The van der Waals surface area contributed by atoms with Crippen LogP contribution in [-0.4, -0.2) is 67.1 Å². The number of hydrogen-bond donors (Lipinski definition) is 0. The molecule has 1 saturated carbocycles. The van der Waals surface area contributed by atoms with Gasteiger partial charge in [-0.25, -0.2) is 0 Å².